The number of hydrogen-bond acceptors (Lipinski definition) is 3. The summed E-state index contributed by atoms with van der Waals surface area (Å²) in [5.74, 6) is 0.220. The molecular formula is C17H30N2O2. The molecule has 3 atom stereocenters. The molecule has 3 fully saturated rings. The summed E-state index contributed by atoms with van der Waals surface area (Å²) in [7, 11) is 0. The minimum atomic E-state index is -0.779. The van der Waals surface area contributed by atoms with Gasteiger partial charge >= 0.3 is 0 Å². The first-order valence-electron chi connectivity index (χ1n) is 8.54. The fraction of sp³-hybridized carbons (Fsp3) is 0.941. The maximum atomic E-state index is 13.0. The lowest BCUT2D eigenvalue weighted by Crippen LogP contribution is -2.83. The van der Waals surface area contributed by atoms with Crippen LogP contribution in [0.5, 0.6) is 0 Å². The van der Waals surface area contributed by atoms with Gasteiger partial charge in [-0.3, -0.25) is 4.79 Å². The van der Waals surface area contributed by atoms with Crippen molar-refractivity contribution in [1.82, 2.24) is 5.32 Å². The second-order valence-corrected chi connectivity index (χ2v) is 8.21. The van der Waals surface area contributed by atoms with E-state index < -0.39 is 5.54 Å². The third-order valence-corrected chi connectivity index (χ3v) is 6.43. The van der Waals surface area contributed by atoms with Crippen molar-refractivity contribution in [1.29, 1.82) is 0 Å². The zero-order valence-corrected chi connectivity index (χ0v) is 13.7. The minimum absolute atomic E-state index is 0.0450. The predicted molar refractivity (Wildman–Crippen MR) is 82.8 cm³/mol. The fourth-order valence-corrected chi connectivity index (χ4v) is 4.87. The molecule has 120 valence electrons. The second-order valence-electron chi connectivity index (χ2n) is 8.21. The van der Waals surface area contributed by atoms with E-state index in [2.05, 4.69) is 26.1 Å². The van der Waals surface area contributed by atoms with E-state index in [4.69, 9.17) is 10.5 Å². The van der Waals surface area contributed by atoms with E-state index in [9.17, 15) is 4.79 Å². The number of fused-ring (bicyclic) bond motifs is 1. The highest BCUT2D eigenvalue weighted by Crippen LogP contribution is 2.57. The number of rotatable bonds is 2. The monoisotopic (exact) mass is 294 g/mol. The van der Waals surface area contributed by atoms with Gasteiger partial charge in [-0.05, 0) is 32.6 Å². The summed E-state index contributed by atoms with van der Waals surface area (Å²) in [6, 6.07) is 0. The smallest absolute Gasteiger partial charge is 0.241 e. The molecule has 0 radical (unpaired) electrons. The Balaban J connectivity index is 1.76. The summed E-state index contributed by atoms with van der Waals surface area (Å²) >= 11 is 0. The maximum absolute atomic E-state index is 13.0. The van der Waals surface area contributed by atoms with Crippen molar-refractivity contribution in [3.05, 3.63) is 0 Å². The number of nitrogens with two attached hydrogens (primary N) is 1. The first-order chi connectivity index (χ1) is 9.81. The van der Waals surface area contributed by atoms with Crippen molar-refractivity contribution in [3.63, 3.8) is 0 Å². The van der Waals surface area contributed by atoms with Gasteiger partial charge in [0.2, 0.25) is 5.91 Å². The zero-order valence-electron chi connectivity index (χ0n) is 13.7. The van der Waals surface area contributed by atoms with Gasteiger partial charge in [0.15, 0.2) is 0 Å². The summed E-state index contributed by atoms with van der Waals surface area (Å²) in [5.41, 5.74) is 5.53. The quantitative estimate of drug-likeness (QED) is 0.821. The van der Waals surface area contributed by atoms with Gasteiger partial charge < -0.3 is 15.8 Å². The van der Waals surface area contributed by atoms with Crippen LogP contribution in [-0.2, 0) is 9.53 Å². The van der Waals surface area contributed by atoms with Gasteiger partial charge in [-0.1, -0.05) is 33.1 Å². The lowest BCUT2D eigenvalue weighted by Gasteiger charge is -2.65. The van der Waals surface area contributed by atoms with Gasteiger partial charge in [0.05, 0.1) is 6.10 Å². The minimum Gasteiger partial charge on any atom is -0.377 e. The molecule has 3 N–H and O–H groups in total. The second kappa shape index (κ2) is 4.95. The average molecular weight is 294 g/mol. The van der Waals surface area contributed by atoms with Crippen LogP contribution in [0.25, 0.3) is 0 Å². The van der Waals surface area contributed by atoms with Crippen LogP contribution in [0.3, 0.4) is 0 Å². The molecule has 0 aromatic heterocycles. The van der Waals surface area contributed by atoms with Crippen molar-refractivity contribution in [3.8, 4) is 0 Å². The van der Waals surface area contributed by atoms with Crippen molar-refractivity contribution < 1.29 is 9.53 Å². The van der Waals surface area contributed by atoms with Crippen LogP contribution in [0, 0.1) is 11.3 Å². The molecule has 3 aliphatic rings. The molecular weight excluding hydrogens is 264 g/mol. The van der Waals surface area contributed by atoms with Gasteiger partial charge in [0.25, 0.3) is 0 Å². The number of amides is 1. The van der Waals surface area contributed by atoms with Crippen molar-refractivity contribution >= 4 is 5.91 Å². The zero-order chi connectivity index (χ0) is 15.3. The molecule has 3 unspecified atom stereocenters. The Kier molecular flexibility index (Phi) is 3.61. The number of hydrogen-bond donors (Lipinski definition) is 2. The highest BCUT2D eigenvalue weighted by Gasteiger charge is 2.70. The van der Waals surface area contributed by atoms with E-state index in [1.54, 1.807) is 0 Å². The molecule has 0 bridgehead atoms. The largest absolute Gasteiger partial charge is 0.377 e. The molecule has 1 heterocycles. The molecule has 2 aliphatic carbocycles. The Bertz CT molecular complexity index is 429. The standard InChI is InChI=1S/C17H30N2O2/c1-15(2)13-12(8-7-11-21-13)17(15,18)14(20)19-16(3)9-5-4-6-10-16/h12-13H,4-11,18H2,1-3H3,(H,19,20). The Morgan fingerprint density at radius 3 is 2.48 bits per heavy atom. The normalized spacial score (nSPS) is 40.8. The average Bonchev–Trinajstić information content (AvgIpc) is 2.46. The lowest BCUT2D eigenvalue weighted by atomic mass is 9.46. The van der Waals surface area contributed by atoms with Gasteiger partial charge in [-0.25, -0.2) is 0 Å². The van der Waals surface area contributed by atoms with Crippen molar-refractivity contribution in [2.75, 3.05) is 6.61 Å². The summed E-state index contributed by atoms with van der Waals surface area (Å²) < 4.78 is 5.89. The topological polar surface area (TPSA) is 64.4 Å². The van der Waals surface area contributed by atoms with Crippen LogP contribution >= 0.6 is 0 Å². The summed E-state index contributed by atoms with van der Waals surface area (Å²) in [6.07, 6.45) is 7.99. The van der Waals surface area contributed by atoms with E-state index in [1.165, 1.54) is 19.3 Å². The van der Waals surface area contributed by atoms with E-state index in [-0.39, 0.29) is 28.9 Å². The molecule has 1 aliphatic heterocycles. The van der Waals surface area contributed by atoms with Crippen molar-refractivity contribution in [2.45, 2.75) is 82.9 Å². The molecule has 0 spiro atoms. The molecule has 0 aromatic carbocycles. The van der Waals surface area contributed by atoms with Gasteiger partial charge in [0, 0.05) is 23.5 Å². The fourth-order valence-electron chi connectivity index (χ4n) is 4.87. The maximum Gasteiger partial charge on any atom is 0.241 e. The van der Waals surface area contributed by atoms with Crippen LogP contribution in [0.4, 0.5) is 0 Å². The number of ether oxygens (including phenoxy) is 1. The molecule has 1 amide bonds. The van der Waals surface area contributed by atoms with Gasteiger partial charge in [-0.15, -0.1) is 0 Å². The molecule has 0 aromatic rings. The third kappa shape index (κ3) is 2.14. The molecule has 21 heavy (non-hydrogen) atoms. The first-order valence-corrected chi connectivity index (χ1v) is 8.54. The van der Waals surface area contributed by atoms with Crippen molar-refractivity contribution in [2.24, 2.45) is 17.1 Å². The Morgan fingerprint density at radius 1 is 1.14 bits per heavy atom. The number of carbonyl (C=O) groups excluding carboxylic acids is 1. The first kappa shape index (κ1) is 15.3. The van der Waals surface area contributed by atoms with Crippen LogP contribution in [-0.4, -0.2) is 29.7 Å². The highest BCUT2D eigenvalue weighted by atomic mass is 16.5. The summed E-state index contributed by atoms with van der Waals surface area (Å²) in [4.78, 5) is 13.0. The molecule has 2 saturated carbocycles. The van der Waals surface area contributed by atoms with E-state index in [0.717, 1.165) is 32.3 Å². The van der Waals surface area contributed by atoms with Gasteiger partial charge in [-0.2, -0.15) is 0 Å². The molecule has 4 nitrogen and oxygen atoms in total. The molecule has 1 saturated heterocycles. The van der Waals surface area contributed by atoms with Crippen LogP contribution in [0.2, 0.25) is 0 Å². The van der Waals surface area contributed by atoms with Gasteiger partial charge in [0.1, 0.15) is 5.54 Å². The number of carbonyl (C=O) groups is 1. The Hall–Kier alpha value is -0.610. The van der Waals surface area contributed by atoms with Crippen LogP contribution in [0.1, 0.15) is 65.7 Å². The molecule has 3 rings (SSSR count). The molecule has 4 heteroatoms. The lowest BCUT2D eigenvalue weighted by molar-refractivity contribution is -0.226. The third-order valence-electron chi connectivity index (χ3n) is 6.43. The Morgan fingerprint density at radius 2 is 1.81 bits per heavy atom. The van der Waals surface area contributed by atoms with E-state index in [0.29, 0.717) is 0 Å². The Labute approximate surface area is 128 Å². The van der Waals surface area contributed by atoms with Crippen LogP contribution < -0.4 is 11.1 Å². The summed E-state index contributed by atoms with van der Waals surface area (Å²) in [6.45, 7) is 7.15. The van der Waals surface area contributed by atoms with Crippen LogP contribution in [0.15, 0.2) is 0 Å². The summed E-state index contributed by atoms with van der Waals surface area (Å²) in [5, 5.41) is 3.31. The predicted octanol–water partition coefficient (Wildman–Crippen LogP) is 2.36. The van der Waals surface area contributed by atoms with E-state index in [1.807, 2.05) is 0 Å². The SMILES string of the molecule is CC1(NC(=O)C2(N)C3CCCOC3C2(C)C)CCCCC1. The number of nitrogens with one attached hydrogen (secondary N) is 1. The van der Waals surface area contributed by atoms with E-state index >= 15 is 0 Å². The highest BCUT2D eigenvalue weighted by molar-refractivity contribution is 5.90.